The van der Waals surface area contributed by atoms with Crippen molar-refractivity contribution in [3.8, 4) is 0 Å². The van der Waals surface area contributed by atoms with Crippen LogP contribution in [-0.2, 0) is 11.3 Å². The summed E-state index contributed by atoms with van der Waals surface area (Å²) in [5.41, 5.74) is -0.294. The van der Waals surface area contributed by atoms with E-state index in [1.165, 1.54) is 0 Å². The quantitative estimate of drug-likeness (QED) is 0.721. The van der Waals surface area contributed by atoms with Crippen molar-refractivity contribution in [3.63, 3.8) is 0 Å². The Hall–Kier alpha value is -1.16. The Balaban J connectivity index is 2.62. The monoisotopic (exact) mass is 224 g/mol. The maximum absolute atomic E-state index is 11.8. The van der Waals surface area contributed by atoms with Crippen LogP contribution < -0.4 is 0 Å². The van der Waals surface area contributed by atoms with Gasteiger partial charge in [-0.15, -0.1) is 0 Å². The van der Waals surface area contributed by atoms with E-state index in [1.54, 1.807) is 6.20 Å². The molecule has 0 fully saturated rings. The minimum Gasteiger partial charge on any atom is -0.368 e. The Morgan fingerprint density at radius 2 is 2.19 bits per heavy atom. The van der Waals surface area contributed by atoms with Crippen LogP contribution in [0.2, 0.25) is 0 Å². The number of ketones is 1. The molecule has 0 saturated heterocycles. The van der Waals surface area contributed by atoms with Gasteiger partial charge in [0, 0.05) is 18.9 Å². The third-order valence-corrected chi connectivity index (χ3v) is 2.07. The Labute approximate surface area is 96.6 Å². The second kappa shape index (κ2) is 5.25. The molecule has 0 bridgehead atoms. The first-order valence-electron chi connectivity index (χ1n) is 5.62. The van der Waals surface area contributed by atoms with Gasteiger partial charge in [0.2, 0.25) is 5.78 Å². The summed E-state index contributed by atoms with van der Waals surface area (Å²) in [5, 5.41) is 0. The number of carbonyl (C=O) groups is 1. The zero-order valence-corrected chi connectivity index (χ0v) is 10.5. The van der Waals surface area contributed by atoms with Crippen molar-refractivity contribution in [3.05, 3.63) is 18.2 Å². The Kier molecular flexibility index (Phi) is 4.24. The molecule has 4 heteroatoms. The van der Waals surface area contributed by atoms with Crippen LogP contribution in [0.15, 0.2) is 12.4 Å². The lowest BCUT2D eigenvalue weighted by Gasteiger charge is -2.18. The third-order valence-electron chi connectivity index (χ3n) is 2.07. The number of carbonyl (C=O) groups excluding carboxylic acids is 1. The van der Waals surface area contributed by atoms with E-state index in [0.29, 0.717) is 5.82 Å². The van der Waals surface area contributed by atoms with E-state index in [1.807, 2.05) is 31.5 Å². The first kappa shape index (κ1) is 12.9. The standard InChI is InChI=1S/C12H20N2O2/c1-5-7-14-8-6-13-11(14)10(15)9-16-12(2,3)4/h6,8H,5,7,9H2,1-4H3. The minimum absolute atomic E-state index is 0.0617. The van der Waals surface area contributed by atoms with Gasteiger partial charge in [-0.05, 0) is 27.2 Å². The summed E-state index contributed by atoms with van der Waals surface area (Å²) >= 11 is 0. The van der Waals surface area contributed by atoms with Crippen LogP contribution in [-0.4, -0.2) is 27.5 Å². The van der Waals surface area contributed by atoms with Crippen LogP contribution in [0.5, 0.6) is 0 Å². The topological polar surface area (TPSA) is 44.1 Å². The molecule has 1 rings (SSSR count). The molecule has 1 heterocycles. The maximum atomic E-state index is 11.8. The van der Waals surface area contributed by atoms with Crippen molar-refractivity contribution >= 4 is 5.78 Å². The van der Waals surface area contributed by atoms with Gasteiger partial charge in [-0.25, -0.2) is 4.98 Å². The molecule has 1 aromatic rings. The molecule has 0 aromatic carbocycles. The van der Waals surface area contributed by atoms with Crippen molar-refractivity contribution in [1.82, 2.24) is 9.55 Å². The molecule has 0 atom stereocenters. The molecular formula is C12H20N2O2. The van der Waals surface area contributed by atoms with E-state index in [9.17, 15) is 4.79 Å². The molecule has 0 saturated carbocycles. The van der Waals surface area contributed by atoms with Crippen LogP contribution in [0.3, 0.4) is 0 Å². The van der Waals surface area contributed by atoms with Gasteiger partial charge < -0.3 is 9.30 Å². The van der Waals surface area contributed by atoms with E-state index >= 15 is 0 Å². The summed E-state index contributed by atoms with van der Waals surface area (Å²) in [5.74, 6) is 0.430. The van der Waals surface area contributed by atoms with E-state index in [2.05, 4.69) is 11.9 Å². The number of aromatic nitrogens is 2. The van der Waals surface area contributed by atoms with E-state index < -0.39 is 0 Å². The zero-order chi connectivity index (χ0) is 12.2. The molecule has 0 aliphatic carbocycles. The smallest absolute Gasteiger partial charge is 0.223 e. The molecule has 0 radical (unpaired) electrons. The first-order chi connectivity index (χ1) is 7.44. The summed E-state index contributed by atoms with van der Waals surface area (Å²) in [4.78, 5) is 15.9. The van der Waals surface area contributed by atoms with Crippen molar-refractivity contribution in [2.24, 2.45) is 0 Å². The van der Waals surface area contributed by atoms with E-state index in [0.717, 1.165) is 13.0 Å². The Morgan fingerprint density at radius 3 is 2.75 bits per heavy atom. The van der Waals surface area contributed by atoms with Gasteiger partial charge in [0.05, 0.1) is 5.60 Å². The number of hydrogen-bond donors (Lipinski definition) is 0. The van der Waals surface area contributed by atoms with Gasteiger partial charge in [0.25, 0.3) is 0 Å². The molecule has 90 valence electrons. The number of Topliss-reactive ketones (excluding diaryl/α,β-unsaturated/α-hetero) is 1. The van der Waals surface area contributed by atoms with Crippen molar-refractivity contribution in [1.29, 1.82) is 0 Å². The molecule has 0 N–H and O–H groups in total. The van der Waals surface area contributed by atoms with Gasteiger partial charge in [-0.1, -0.05) is 6.92 Å². The SMILES string of the molecule is CCCn1ccnc1C(=O)COC(C)(C)C. The third kappa shape index (κ3) is 3.77. The fourth-order valence-corrected chi connectivity index (χ4v) is 1.33. The molecular weight excluding hydrogens is 204 g/mol. The fraction of sp³-hybridized carbons (Fsp3) is 0.667. The van der Waals surface area contributed by atoms with Crippen molar-refractivity contribution in [2.75, 3.05) is 6.61 Å². The molecule has 4 nitrogen and oxygen atoms in total. The molecule has 0 aliphatic heterocycles. The van der Waals surface area contributed by atoms with Gasteiger partial charge in [0.1, 0.15) is 6.61 Å². The van der Waals surface area contributed by atoms with E-state index in [4.69, 9.17) is 4.74 Å². The predicted octanol–water partition coefficient (Wildman–Crippen LogP) is 2.29. The first-order valence-corrected chi connectivity index (χ1v) is 5.62. The van der Waals surface area contributed by atoms with Gasteiger partial charge in [0.15, 0.2) is 5.82 Å². The van der Waals surface area contributed by atoms with Gasteiger partial charge >= 0.3 is 0 Å². The van der Waals surface area contributed by atoms with Crippen molar-refractivity contribution in [2.45, 2.75) is 46.3 Å². The minimum atomic E-state index is -0.294. The number of hydrogen-bond acceptors (Lipinski definition) is 3. The lowest BCUT2D eigenvalue weighted by Crippen LogP contribution is -2.25. The summed E-state index contributed by atoms with van der Waals surface area (Å²) in [6.07, 6.45) is 4.46. The number of ether oxygens (including phenoxy) is 1. The predicted molar refractivity (Wildman–Crippen MR) is 62.6 cm³/mol. The number of rotatable bonds is 5. The highest BCUT2D eigenvalue weighted by molar-refractivity contribution is 5.93. The van der Waals surface area contributed by atoms with Crippen LogP contribution >= 0.6 is 0 Å². The highest BCUT2D eigenvalue weighted by Gasteiger charge is 2.17. The van der Waals surface area contributed by atoms with Crippen LogP contribution in [0, 0.1) is 0 Å². The molecule has 0 amide bonds. The molecule has 16 heavy (non-hydrogen) atoms. The summed E-state index contributed by atoms with van der Waals surface area (Å²) < 4.78 is 7.31. The summed E-state index contributed by atoms with van der Waals surface area (Å²) in [7, 11) is 0. The fourth-order valence-electron chi connectivity index (χ4n) is 1.33. The van der Waals surface area contributed by atoms with Gasteiger partial charge in [-0.3, -0.25) is 4.79 Å². The normalized spacial score (nSPS) is 11.8. The summed E-state index contributed by atoms with van der Waals surface area (Å²) in [6, 6.07) is 0. The van der Waals surface area contributed by atoms with Crippen molar-refractivity contribution < 1.29 is 9.53 Å². The highest BCUT2D eigenvalue weighted by Crippen LogP contribution is 2.08. The molecule has 1 aromatic heterocycles. The van der Waals surface area contributed by atoms with E-state index in [-0.39, 0.29) is 18.0 Å². The highest BCUT2D eigenvalue weighted by atomic mass is 16.5. The van der Waals surface area contributed by atoms with Gasteiger partial charge in [-0.2, -0.15) is 0 Å². The lowest BCUT2D eigenvalue weighted by atomic mass is 10.2. The second-order valence-electron chi connectivity index (χ2n) is 4.77. The average molecular weight is 224 g/mol. The maximum Gasteiger partial charge on any atom is 0.223 e. The number of imidazole rings is 1. The molecule has 0 aliphatic rings. The Morgan fingerprint density at radius 1 is 1.50 bits per heavy atom. The van der Waals surface area contributed by atoms with Crippen LogP contribution in [0.4, 0.5) is 0 Å². The molecule has 0 unspecified atom stereocenters. The number of aryl methyl sites for hydroxylation is 1. The second-order valence-corrected chi connectivity index (χ2v) is 4.77. The lowest BCUT2D eigenvalue weighted by molar-refractivity contribution is 0.00248. The average Bonchev–Trinajstić information content (AvgIpc) is 2.62. The zero-order valence-electron chi connectivity index (χ0n) is 10.5. The van der Waals surface area contributed by atoms with Crippen LogP contribution in [0.1, 0.15) is 44.7 Å². The molecule has 0 spiro atoms. The van der Waals surface area contributed by atoms with Crippen LogP contribution in [0.25, 0.3) is 0 Å². The largest absolute Gasteiger partial charge is 0.368 e. The Bertz CT molecular complexity index is 350. The summed E-state index contributed by atoms with van der Waals surface area (Å²) in [6.45, 7) is 8.76. The number of nitrogens with zero attached hydrogens (tertiary/aromatic N) is 2.